The minimum absolute atomic E-state index is 0.0293. The number of nitrogens with zero attached hydrogens (tertiary/aromatic N) is 2. The molecule has 0 radical (unpaired) electrons. The van der Waals surface area contributed by atoms with Crippen LogP contribution in [0.5, 0.6) is 0 Å². The first-order valence-corrected chi connectivity index (χ1v) is 17.2. The van der Waals surface area contributed by atoms with E-state index in [9.17, 15) is 24.0 Å². The van der Waals surface area contributed by atoms with Gasteiger partial charge >= 0.3 is 6.03 Å². The lowest BCUT2D eigenvalue weighted by Gasteiger charge is -2.36. The first-order chi connectivity index (χ1) is 23.5. The summed E-state index contributed by atoms with van der Waals surface area (Å²) in [5.41, 5.74) is 13.7. The van der Waals surface area contributed by atoms with Gasteiger partial charge in [0.2, 0.25) is 23.6 Å². The fraction of sp³-hybridized carbons (Fsp3) is 0.528. The molecule has 0 aliphatic carbocycles. The Balaban J connectivity index is 1.75. The second kappa shape index (κ2) is 20.1. The van der Waals surface area contributed by atoms with Crippen molar-refractivity contribution in [3.05, 3.63) is 71.8 Å². The molecular weight excluding hydrogens is 624 g/mol. The van der Waals surface area contributed by atoms with Crippen LogP contribution in [0.2, 0.25) is 0 Å². The van der Waals surface area contributed by atoms with E-state index in [-0.39, 0.29) is 24.3 Å². The van der Waals surface area contributed by atoms with E-state index in [0.717, 1.165) is 11.1 Å². The van der Waals surface area contributed by atoms with E-state index < -0.39 is 41.9 Å². The van der Waals surface area contributed by atoms with Gasteiger partial charge in [-0.25, -0.2) is 4.79 Å². The molecule has 0 spiro atoms. The zero-order valence-corrected chi connectivity index (χ0v) is 29.0. The first-order valence-electron chi connectivity index (χ1n) is 17.2. The fourth-order valence-electron chi connectivity index (χ4n) is 5.80. The van der Waals surface area contributed by atoms with Crippen LogP contribution in [0.1, 0.15) is 50.7 Å². The number of benzene rings is 2. The standard InChI is InChI=1S/C36H54N8O5/c1-25(2)22-30(33(46)40-29(16-10-11-17-37)35(48)43-18-20-44(21-19-43)36(49)39-3)42-34(47)31(24-27-14-8-5-9-15-27)41-32(45)28(38)23-26-12-6-4-7-13-26/h4-9,12-15,25,28-31H,10-11,16-24,37-38H2,1-3H3,(H,39,49)(H,40,46)(H,41,45)(H,42,47)/t28-,29-,30-,31-/m1/s1. The third kappa shape index (κ3) is 12.8. The molecule has 268 valence electrons. The quantitative estimate of drug-likeness (QED) is 0.134. The molecular formula is C36H54N8O5. The van der Waals surface area contributed by atoms with Gasteiger partial charge in [-0.1, -0.05) is 74.5 Å². The van der Waals surface area contributed by atoms with Crippen molar-refractivity contribution in [1.29, 1.82) is 0 Å². The summed E-state index contributed by atoms with van der Waals surface area (Å²) < 4.78 is 0. The number of carbonyl (C=O) groups excluding carboxylic acids is 5. The summed E-state index contributed by atoms with van der Waals surface area (Å²) in [4.78, 5) is 70.0. The van der Waals surface area contributed by atoms with Gasteiger partial charge in [0.1, 0.15) is 18.1 Å². The van der Waals surface area contributed by atoms with Gasteiger partial charge in [-0.15, -0.1) is 0 Å². The molecule has 13 nitrogen and oxygen atoms in total. The topological polar surface area (TPSA) is 192 Å². The summed E-state index contributed by atoms with van der Waals surface area (Å²) in [6, 6.07) is 14.8. The molecule has 6 amide bonds. The van der Waals surface area contributed by atoms with Crippen LogP contribution in [-0.2, 0) is 32.0 Å². The van der Waals surface area contributed by atoms with Crippen molar-refractivity contribution < 1.29 is 24.0 Å². The van der Waals surface area contributed by atoms with E-state index in [1.807, 2.05) is 74.5 Å². The lowest BCUT2D eigenvalue weighted by molar-refractivity contribution is -0.139. The van der Waals surface area contributed by atoms with E-state index in [4.69, 9.17) is 11.5 Å². The normalized spacial score (nSPS) is 15.5. The van der Waals surface area contributed by atoms with Crippen LogP contribution in [-0.4, -0.2) is 103 Å². The monoisotopic (exact) mass is 678 g/mol. The van der Waals surface area contributed by atoms with Crippen molar-refractivity contribution in [2.75, 3.05) is 39.8 Å². The molecule has 13 heteroatoms. The molecule has 1 heterocycles. The number of unbranched alkanes of at least 4 members (excludes halogenated alkanes) is 1. The number of nitrogens with two attached hydrogens (primary N) is 2. The number of nitrogens with one attached hydrogen (secondary N) is 4. The largest absolute Gasteiger partial charge is 0.343 e. The smallest absolute Gasteiger partial charge is 0.317 e. The van der Waals surface area contributed by atoms with E-state index >= 15 is 0 Å². The van der Waals surface area contributed by atoms with Gasteiger partial charge in [0.15, 0.2) is 0 Å². The molecule has 1 fully saturated rings. The fourth-order valence-corrected chi connectivity index (χ4v) is 5.80. The second-order valence-corrected chi connectivity index (χ2v) is 13.0. The predicted molar refractivity (Wildman–Crippen MR) is 189 cm³/mol. The highest BCUT2D eigenvalue weighted by molar-refractivity contribution is 5.95. The molecule has 1 aliphatic heterocycles. The number of amides is 6. The third-order valence-corrected chi connectivity index (χ3v) is 8.54. The van der Waals surface area contributed by atoms with Gasteiger partial charge in [-0.05, 0) is 55.7 Å². The Morgan fingerprint density at radius 1 is 0.694 bits per heavy atom. The Morgan fingerprint density at radius 3 is 1.76 bits per heavy atom. The molecule has 8 N–H and O–H groups in total. The van der Waals surface area contributed by atoms with E-state index in [1.165, 1.54) is 0 Å². The van der Waals surface area contributed by atoms with Gasteiger partial charge in [-0.3, -0.25) is 19.2 Å². The number of carbonyl (C=O) groups is 5. The van der Waals surface area contributed by atoms with Gasteiger partial charge in [-0.2, -0.15) is 0 Å². The maximum absolute atomic E-state index is 13.9. The molecule has 49 heavy (non-hydrogen) atoms. The Morgan fingerprint density at radius 2 is 1.20 bits per heavy atom. The van der Waals surface area contributed by atoms with Crippen LogP contribution in [0.25, 0.3) is 0 Å². The number of hydrogen-bond donors (Lipinski definition) is 6. The minimum Gasteiger partial charge on any atom is -0.343 e. The summed E-state index contributed by atoms with van der Waals surface area (Å²) in [6.45, 7) is 5.77. The van der Waals surface area contributed by atoms with Crippen molar-refractivity contribution in [2.45, 2.75) is 76.5 Å². The van der Waals surface area contributed by atoms with Crippen molar-refractivity contribution in [3.8, 4) is 0 Å². The van der Waals surface area contributed by atoms with E-state index in [1.54, 1.807) is 16.8 Å². The number of rotatable bonds is 17. The summed E-state index contributed by atoms with van der Waals surface area (Å²) in [5, 5.41) is 11.2. The van der Waals surface area contributed by atoms with Crippen molar-refractivity contribution >= 4 is 29.7 Å². The Bertz CT molecular complexity index is 1350. The molecule has 3 rings (SSSR count). The van der Waals surface area contributed by atoms with Crippen LogP contribution in [0.15, 0.2) is 60.7 Å². The van der Waals surface area contributed by atoms with Crippen LogP contribution >= 0.6 is 0 Å². The average molecular weight is 679 g/mol. The molecule has 0 aromatic heterocycles. The van der Waals surface area contributed by atoms with Crippen molar-refractivity contribution in [2.24, 2.45) is 17.4 Å². The predicted octanol–water partition coefficient (Wildman–Crippen LogP) is 0.912. The molecule has 2 aromatic rings. The highest BCUT2D eigenvalue weighted by Crippen LogP contribution is 2.13. The van der Waals surface area contributed by atoms with Crippen LogP contribution < -0.4 is 32.7 Å². The third-order valence-electron chi connectivity index (χ3n) is 8.54. The van der Waals surface area contributed by atoms with Crippen LogP contribution in [0.3, 0.4) is 0 Å². The maximum atomic E-state index is 13.9. The van der Waals surface area contributed by atoms with Crippen molar-refractivity contribution in [3.63, 3.8) is 0 Å². The Hall–Kier alpha value is -4.49. The minimum atomic E-state index is -1.00. The lowest BCUT2D eigenvalue weighted by Crippen LogP contribution is -2.60. The first kappa shape index (κ1) is 39.0. The van der Waals surface area contributed by atoms with Gasteiger partial charge in [0.05, 0.1) is 6.04 Å². The lowest BCUT2D eigenvalue weighted by atomic mass is 9.99. The van der Waals surface area contributed by atoms with E-state index in [2.05, 4.69) is 21.3 Å². The second-order valence-electron chi connectivity index (χ2n) is 13.0. The van der Waals surface area contributed by atoms with Gasteiger partial charge in [0, 0.05) is 39.6 Å². The maximum Gasteiger partial charge on any atom is 0.317 e. The highest BCUT2D eigenvalue weighted by atomic mass is 16.2. The van der Waals surface area contributed by atoms with Crippen LogP contribution in [0, 0.1) is 5.92 Å². The SMILES string of the molecule is CNC(=O)N1CCN(C(=O)[C@@H](CCCCN)NC(=O)[C@@H](CC(C)C)NC(=O)[C@@H](Cc2ccccc2)NC(=O)[C@H](N)Cc2ccccc2)CC1. The molecule has 1 saturated heterocycles. The summed E-state index contributed by atoms with van der Waals surface area (Å²) >= 11 is 0. The summed E-state index contributed by atoms with van der Waals surface area (Å²) in [7, 11) is 1.56. The number of urea groups is 1. The molecule has 1 aliphatic rings. The zero-order chi connectivity index (χ0) is 35.8. The molecule has 0 unspecified atom stereocenters. The molecule has 2 aromatic carbocycles. The molecule has 4 atom stereocenters. The Labute approximate surface area is 289 Å². The summed E-state index contributed by atoms with van der Waals surface area (Å²) in [5.74, 6) is -1.70. The number of hydrogen-bond acceptors (Lipinski definition) is 7. The van der Waals surface area contributed by atoms with Gasteiger partial charge in [0.25, 0.3) is 0 Å². The van der Waals surface area contributed by atoms with Crippen molar-refractivity contribution in [1.82, 2.24) is 31.1 Å². The van der Waals surface area contributed by atoms with Crippen LogP contribution in [0.4, 0.5) is 4.79 Å². The van der Waals surface area contributed by atoms with E-state index in [0.29, 0.717) is 64.8 Å². The van der Waals surface area contributed by atoms with Gasteiger partial charge < -0.3 is 42.5 Å². The highest BCUT2D eigenvalue weighted by Gasteiger charge is 2.33. The molecule has 0 bridgehead atoms. The summed E-state index contributed by atoms with van der Waals surface area (Å²) in [6.07, 6.45) is 2.49. The molecule has 0 saturated carbocycles. The number of piperazine rings is 1. The average Bonchev–Trinajstić information content (AvgIpc) is 3.10. The zero-order valence-electron chi connectivity index (χ0n) is 29.0. The Kier molecular flexibility index (Phi) is 16.0.